The summed E-state index contributed by atoms with van der Waals surface area (Å²) in [7, 11) is 0. The van der Waals surface area contributed by atoms with Crippen LogP contribution in [0.2, 0.25) is 0 Å². The molecule has 2 N–H and O–H groups in total. The third kappa shape index (κ3) is 5.71. The molecule has 0 radical (unpaired) electrons. The Morgan fingerprint density at radius 2 is 1.88 bits per heavy atom. The quantitative estimate of drug-likeness (QED) is 0.228. The van der Waals surface area contributed by atoms with E-state index < -0.39 is 10.8 Å². The number of carbonyl (C=O) groups is 1. The van der Waals surface area contributed by atoms with Crippen molar-refractivity contribution in [2.24, 2.45) is 5.10 Å². The minimum atomic E-state index is -0.495. The summed E-state index contributed by atoms with van der Waals surface area (Å²) in [5, 5.41) is 21.6. The number of non-ortho nitro benzene ring substituents is 1. The molecule has 0 spiro atoms. The van der Waals surface area contributed by atoms with Crippen molar-refractivity contribution in [2.75, 3.05) is 0 Å². The highest BCUT2D eigenvalue weighted by Crippen LogP contribution is 2.22. The molecule has 1 heterocycles. The molecule has 0 saturated heterocycles. The van der Waals surface area contributed by atoms with Crippen LogP contribution in [0, 0.1) is 17.0 Å². The van der Waals surface area contributed by atoms with E-state index in [1.54, 1.807) is 18.2 Å². The molecule has 34 heavy (non-hydrogen) atoms. The fraction of sp³-hybridized carbons (Fsp3) is 0.0800. The molecule has 0 bridgehead atoms. The van der Waals surface area contributed by atoms with Gasteiger partial charge in [-0.3, -0.25) is 20.0 Å². The van der Waals surface area contributed by atoms with Crippen LogP contribution in [0.4, 0.5) is 5.69 Å². The number of benzene rings is 3. The van der Waals surface area contributed by atoms with E-state index in [-0.39, 0.29) is 11.4 Å². The lowest BCUT2D eigenvalue weighted by molar-refractivity contribution is -0.384. The highest BCUT2D eigenvalue weighted by atomic mass is 16.6. The molecule has 3 aromatic carbocycles. The first-order valence-electron chi connectivity index (χ1n) is 10.4. The minimum absolute atomic E-state index is 0.0555. The number of nitro benzene ring substituents is 1. The first-order chi connectivity index (χ1) is 16.5. The van der Waals surface area contributed by atoms with E-state index in [9.17, 15) is 14.9 Å². The SMILES string of the molecule is Cc1ccc(COc2ccc(-c3cc(C(=O)N/N=C\c4cccc([N+](=O)[O-])c4)[nH]n3)cc2)cc1. The lowest BCUT2D eigenvalue weighted by Gasteiger charge is -2.07. The first-order valence-corrected chi connectivity index (χ1v) is 10.4. The van der Waals surface area contributed by atoms with E-state index in [0.717, 1.165) is 16.9 Å². The maximum Gasteiger partial charge on any atom is 0.289 e. The number of nitro groups is 1. The van der Waals surface area contributed by atoms with Gasteiger partial charge in [0.2, 0.25) is 0 Å². The van der Waals surface area contributed by atoms with Gasteiger partial charge in [0, 0.05) is 23.3 Å². The van der Waals surface area contributed by atoms with Crippen molar-refractivity contribution < 1.29 is 14.5 Å². The second kappa shape index (κ2) is 10.2. The number of aromatic nitrogens is 2. The average Bonchev–Trinajstić information content (AvgIpc) is 3.35. The van der Waals surface area contributed by atoms with Crippen LogP contribution in [0.3, 0.4) is 0 Å². The minimum Gasteiger partial charge on any atom is -0.489 e. The highest BCUT2D eigenvalue weighted by molar-refractivity contribution is 5.94. The van der Waals surface area contributed by atoms with Crippen LogP contribution in [0.5, 0.6) is 5.75 Å². The number of hydrazone groups is 1. The zero-order chi connectivity index (χ0) is 23.9. The standard InChI is InChI=1S/C25H21N5O4/c1-17-5-7-18(8-6-17)16-34-22-11-9-20(10-12-22)23-14-24(28-27-23)25(31)29-26-15-19-3-2-4-21(13-19)30(32)33/h2-15H,16H2,1H3,(H,27,28)(H,29,31)/b26-15-. The molecule has 1 aromatic heterocycles. The van der Waals surface area contributed by atoms with Gasteiger partial charge in [-0.05, 0) is 42.8 Å². The van der Waals surface area contributed by atoms with Crippen LogP contribution in [0.15, 0.2) is 84.0 Å². The van der Waals surface area contributed by atoms with Gasteiger partial charge >= 0.3 is 0 Å². The summed E-state index contributed by atoms with van der Waals surface area (Å²) in [6.45, 7) is 2.52. The lowest BCUT2D eigenvalue weighted by atomic mass is 10.1. The molecule has 170 valence electrons. The third-order valence-electron chi connectivity index (χ3n) is 4.96. The molecule has 0 aliphatic rings. The Kier molecular flexibility index (Phi) is 6.73. The van der Waals surface area contributed by atoms with Gasteiger partial charge in [0.05, 0.1) is 16.8 Å². The van der Waals surface area contributed by atoms with E-state index in [2.05, 4.69) is 20.7 Å². The van der Waals surface area contributed by atoms with Gasteiger partial charge in [-0.15, -0.1) is 0 Å². The van der Waals surface area contributed by atoms with Crippen LogP contribution in [-0.2, 0) is 6.61 Å². The Labute approximate surface area is 195 Å². The number of H-pyrrole nitrogens is 1. The Morgan fingerprint density at radius 3 is 2.62 bits per heavy atom. The monoisotopic (exact) mass is 455 g/mol. The van der Waals surface area contributed by atoms with E-state index in [1.807, 2.05) is 55.5 Å². The summed E-state index contributed by atoms with van der Waals surface area (Å²) in [5.41, 5.74) is 6.74. The molecular formula is C25H21N5O4. The van der Waals surface area contributed by atoms with Crippen molar-refractivity contribution in [3.63, 3.8) is 0 Å². The Balaban J connectivity index is 1.34. The first kappa shape index (κ1) is 22.4. The number of hydrogen-bond donors (Lipinski definition) is 2. The number of carbonyl (C=O) groups excluding carboxylic acids is 1. The topological polar surface area (TPSA) is 123 Å². The average molecular weight is 455 g/mol. The number of ether oxygens (including phenoxy) is 1. The molecule has 0 aliphatic heterocycles. The summed E-state index contributed by atoms with van der Waals surface area (Å²) in [5.74, 6) is 0.242. The maximum atomic E-state index is 12.3. The molecule has 0 atom stereocenters. The van der Waals surface area contributed by atoms with Gasteiger partial charge in [0.25, 0.3) is 11.6 Å². The normalized spacial score (nSPS) is 10.9. The fourth-order valence-corrected chi connectivity index (χ4v) is 3.10. The van der Waals surface area contributed by atoms with Gasteiger partial charge in [-0.2, -0.15) is 10.2 Å². The molecule has 0 unspecified atom stereocenters. The van der Waals surface area contributed by atoms with Crippen molar-refractivity contribution in [1.82, 2.24) is 15.6 Å². The zero-order valence-electron chi connectivity index (χ0n) is 18.3. The van der Waals surface area contributed by atoms with Crippen LogP contribution in [0.1, 0.15) is 27.2 Å². The molecule has 0 fully saturated rings. The Bertz CT molecular complexity index is 1330. The maximum absolute atomic E-state index is 12.3. The number of hydrogen-bond acceptors (Lipinski definition) is 6. The van der Waals surface area contributed by atoms with Crippen molar-refractivity contribution in [3.8, 4) is 17.0 Å². The molecule has 0 saturated carbocycles. The molecular weight excluding hydrogens is 434 g/mol. The Hall–Kier alpha value is -4.79. The van der Waals surface area contributed by atoms with Crippen LogP contribution in [0.25, 0.3) is 11.3 Å². The number of nitrogens with one attached hydrogen (secondary N) is 2. The third-order valence-corrected chi connectivity index (χ3v) is 4.96. The summed E-state index contributed by atoms with van der Waals surface area (Å²) in [6.07, 6.45) is 1.33. The molecule has 9 nitrogen and oxygen atoms in total. The van der Waals surface area contributed by atoms with Crippen molar-refractivity contribution in [3.05, 3.63) is 111 Å². The van der Waals surface area contributed by atoms with E-state index in [1.165, 1.54) is 23.9 Å². The number of aryl methyl sites for hydroxylation is 1. The van der Waals surface area contributed by atoms with Gasteiger partial charge in [0.1, 0.15) is 18.1 Å². The fourth-order valence-electron chi connectivity index (χ4n) is 3.10. The van der Waals surface area contributed by atoms with E-state index >= 15 is 0 Å². The summed E-state index contributed by atoms with van der Waals surface area (Å²) in [6, 6.07) is 23.1. The largest absolute Gasteiger partial charge is 0.489 e. The Morgan fingerprint density at radius 1 is 1.12 bits per heavy atom. The van der Waals surface area contributed by atoms with Crippen LogP contribution < -0.4 is 10.2 Å². The number of nitrogens with zero attached hydrogens (tertiary/aromatic N) is 3. The van der Waals surface area contributed by atoms with E-state index in [4.69, 9.17) is 4.74 Å². The highest BCUT2D eigenvalue weighted by Gasteiger charge is 2.11. The van der Waals surface area contributed by atoms with Crippen LogP contribution in [-0.4, -0.2) is 27.2 Å². The molecule has 4 rings (SSSR count). The smallest absolute Gasteiger partial charge is 0.289 e. The number of aromatic amines is 1. The van der Waals surface area contributed by atoms with Gasteiger partial charge in [0.15, 0.2) is 0 Å². The van der Waals surface area contributed by atoms with E-state index in [0.29, 0.717) is 17.9 Å². The predicted molar refractivity (Wildman–Crippen MR) is 128 cm³/mol. The van der Waals surface area contributed by atoms with Gasteiger partial charge in [-0.25, -0.2) is 5.43 Å². The van der Waals surface area contributed by atoms with Crippen molar-refractivity contribution in [2.45, 2.75) is 13.5 Å². The summed E-state index contributed by atoms with van der Waals surface area (Å²) in [4.78, 5) is 22.7. The predicted octanol–water partition coefficient (Wildman–Crippen LogP) is 4.64. The molecule has 0 aliphatic carbocycles. The number of amides is 1. The van der Waals surface area contributed by atoms with Gasteiger partial charge in [-0.1, -0.05) is 42.0 Å². The number of rotatable bonds is 8. The lowest BCUT2D eigenvalue weighted by Crippen LogP contribution is -2.18. The summed E-state index contributed by atoms with van der Waals surface area (Å²) >= 11 is 0. The summed E-state index contributed by atoms with van der Waals surface area (Å²) < 4.78 is 5.82. The second-order valence-electron chi connectivity index (χ2n) is 7.52. The second-order valence-corrected chi connectivity index (χ2v) is 7.52. The van der Waals surface area contributed by atoms with Crippen molar-refractivity contribution in [1.29, 1.82) is 0 Å². The van der Waals surface area contributed by atoms with Crippen molar-refractivity contribution >= 4 is 17.8 Å². The zero-order valence-corrected chi connectivity index (χ0v) is 18.3. The molecule has 4 aromatic rings. The molecule has 1 amide bonds. The molecule has 9 heteroatoms. The van der Waals surface area contributed by atoms with Gasteiger partial charge < -0.3 is 4.74 Å². The van der Waals surface area contributed by atoms with Crippen LogP contribution >= 0.6 is 0 Å².